The number of benzene rings is 2. The van der Waals surface area contributed by atoms with E-state index in [-0.39, 0.29) is 17.1 Å². The number of carbonyl (C=O) groups is 1. The normalized spacial score (nSPS) is 18.9. The van der Waals surface area contributed by atoms with Crippen LogP contribution in [0, 0.1) is 5.41 Å². The van der Waals surface area contributed by atoms with Crippen molar-refractivity contribution >= 4 is 51.3 Å². The zero-order valence-corrected chi connectivity index (χ0v) is 21.1. The van der Waals surface area contributed by atoms with E-state index in [1.807, 2.05) is 12.3 Å². The van der Waals surface area contributed by atoms with E-state index in [0.29, 0.717) is 18.2 Å². The molecule has 0 spiro atoms. The number of pyridine rings is 1. The van der Waals surface area contributed by atoms with Crippen molar-refractivity contribution in [1.82, 2.24) is 4.98 Å². The monoisotopic (exact) mass is 493 g/mol. The Bertz CT molecular complexity index is 1260. The number of fused-ring (bicyclic) bond motifs is 3. The quantitative estimate of drug-likeness (QED) is 0.387. The van der Waals surface area contributed by atoms with Crippen molar-refractivity contribution in [2.24, 2.45) is 5.41 Å². The van der Waals surface area contributed by atoms with Gasteiger partial charge in [0.25, 0.3) is 0 Å². The Balaban J connectivity index is 1.67. The summed E-state index contributed by atoms with van der Waals surface area (Å²) in [4.78, 5) is 20.3. The molecule has 4 nitrogen and oxygen atoms in total. The van der Waals surface area contributed by atoms with Gasteiger partial charge in [0.15, 0.2) is 5.78 Å². The standard InChI is InChI=1S/C28H29Cl2N3O/c1-28(2)16-23-27(24(34)17-28)25(18-5-7-19(8-6-18)33(14-11-29)15-12-30)26-20-4-3-13-31-21(20)9-10-22(26)32-23/h3-10,13,25,32H,11-12,14-17H2,1-2H3/t25-/m1/s1. The Morgan fingerprint density at radius 3 is 2.47 bits per heavy atom. The molecule has 176 valence electrons. The SMILES string of the molecule is CC1(C)CC(=O)C2=C(C1)Nc1ccc3ncccc3c1[C@H]2c1ccc(N(CCCl)CCCl)cc1. The maximum atomic E-state index is 13.6. The van der Waals surface area contributed by atoms with Gasteiger partial charge in [0.2, 0.25) is 0 Å². The molecule has 0 saturated heterocycles. The predicted octanol–water partition coefficient (Wildman–Crippen LogP) is 6.72. The van der Waals surface area contributed by atoms with E-state index in [9.17, 15) is 4.79 Å². The minimum absolute atomic E-state index is 0.0587. The van der Waals surface area contributed by atoms with Crippen LogP contribution in [-0.4, -0.2) is 35.6 Å². The number of aromatic nitrogens is 1. The van der Waals surface area contributed by atoms with Crippen LogP contribution in [0.4, 0.5) is 11.4 Å². The van der Waals surface area contributed by atoms with Crippen molar-refractivity contribution in [1.29, 1.82) is 0 Å². The molecule has 2 aromatic carbocycles. The van der Waals surface area contributed by atoms with Crippen molar-refractivity contribution in [3.63, 3.8) is 0 Å². The highest BCUT2D eigenvalue weighted by Crippen LogP contribution is 2.50. The van der Waals surface area contributed by atoms with Gasteiger partial charge in [-0.15, -0.1) is 23.2 Å². The van der Waals surface area contributed by atoms with Gasteiger partial charge >= 0.3 is 0 Å². The number of anilines is 2. The predicted molar refractivity (Wildman–Crippen MR) is 142 cm³/mol. The lowest BCUT2D eigenvalue weighted by Crippen LogP contribution is -2.34. The number of hydrogen-bond donors (Lipinski definition) is 1. The molecular formula is C28H29Cl2N3O. The number of nitrogens with zero attached hydrogens (tertiary/aromatic N) is 2. The van der Waals surface area contributed by atoms with Gasteiger partial charge < -0.3 is 10.2 Å². The number of alkyl halides is 2. The highest BCUT2D eigenvalue weighted by Gasteiger charge is 2.41. The molecule has 1 atom stereocenters. The second-order valence-corrected chi connectivity index (χ2v) is 10.7. The van der Waals surface area contributed by atoms with Crippen molar-refractivity contribution in [2.45, 2.75) is 32.6 Å². The molecule has 0 saturated carbocycles. The summed E-state index contributed by atoms with van der Waals surface area (Å²) in [5.41, 5.74) is 7.22. The molecule has 2 aliphatic rings. The molecule has 1 aliphatic heterocycles. The van der Waals surface area contributed by atoms with Crippen LogP contribution in [0.2, 0.25) is 0 Å². The Hall–Kier alpha value is -2.56. The largest absolute Gasteiger partial charge is 0.369 e. The fraction of sp³-hybridized carbons (Fsp3) is 0.357. The molecule has 3 aromatic rings. The van der Waals surface area contributed by atoms with E-state index in [1.54, 1.807) is 0 Å². The summed E-state index contributed by atoms with van der Waals surface area (Å²) in [6.45, 7) is 5.82. The summed E-state index contributed by atoms with van der Waals surface area (Å²) in [5.74, 6) is 1.18. The topological polar surface area (TPSA) is 45.2 Å². The third-order valence-corrected chi connectivity index (χ3v) is 7.25. The lowest BCUT2D eigenvalue weighted by atomic mass is 9.68. The molecule has 0 fully saturated rings. The first kappa shape index (κ1) is 23.2. The molecule has 1 aromatic heterocycles. The summed E-state index contributed by atoms with van der Waals surface area (Å²) in [6.07, 6.45) is 3.22. The molecule has 2 heterocycles. The maximum Gasteiger partial charge on any atom is 0.162 e. The van der Waals surface area contributed by atoms with Crippen LogP contribution in [0.3, 0.4) is 0 Å². The molecule has 0 bridgehead atoms. The summed E-state index contributed by atoms with van der Waals surface area (Å²) < 4.78 is 0. The lowest BCUT2D eigenvalue weighted by Gasteiger charge is -2.40. The van der Waals surface area contributed by atoms with Gasteiger partial charge in [0, 0.05) is 71.4 Å². The number of nitrogens with one attached hydrogen (secondary N) is 1. The first-order chi connectivity index (χ1) is 16.4. The van der Waals surface area contributed by atoms with Crippen LogP contribution >= 0.6 is 23.2 Å². The third-order valence-electron chi connectivity index (χ3n) is 6.91. The Labute approximate surface area is 211 Å². The van der Waals surface area contributed by atoms with Gasteiger partial charge in [-0.2, -0.15) is 0 Å². The minimum Gasteiger partial charge on any atom is -0.369 e. The number of carbonyl (C=O) groups excluding carboxylic acids is 1. The molecule has 34 heavy (non-hydrogen) atoms. The van der Waals surface area contributed by atoms with Gasteiger partial charge in [0.05, 0.1) is 5.52 Å². The van der Waals surface area contributed by atoms with E-state index < -0.39 is 0 Å². The van der Waals surface area contributed by atoms with E-state index in [4.69, 9.17) is 23.2 Å². The van der Waals surface area contributed by atoms with Crippen LogP contribution in [0.5, 0.6) is 0 Å². The Morgan fingerprint density at radius 2 is 1.76 bits per heavy atom. The van der Waals surface area contributed by atoms with Crippen LogP contribution in [0.25, 0.3) is 10.9 Å². The molecule has 1 N–H and O–H groups in total. The first-order valence-corrected chi connectivity index (χ1v) is 12.9. The first-order valence-electron chi connectivity index (χ1n) is 11.8. The van der Waals surface area contributed by atoms with E-state index >= 15 is 0 Å². The smallest absolute Gasteiger partial charge is 0.162 e. The molecule has 0 radical (unpaired) electrons. The van der Waals surface area contributed by atoms with Crippen LogP contribution in [-0.2, 0) is 4.79 Å². The molecule has 0 amide bonds. The van der Waals surface area contributed by atoms with Crippen molar-refractivity contribution in [3.05, 3.63) is 77.1 Å². The molecule has 5 rings (SSSR count). The van der Waals surface area contributed by atoms with E-state index in [2.05, 4.69) is 71.5 Å². The highest BCUT2D eigenvalue weighted by atomic mass is 35.5. The number of hydrogen-bond acceptors (Lipinski definition) is 4. The number of rotatable bonds is 6. The maximum absolute atomic E-state index is 13.6. The Kier molecular flexibility index (Phi) is 6.30. The van der Waals surface area contributed by atoms with Gasteiger partial charge in [-0.25, -0.2) is 0 Å². The second kappa shape index (κ2) is 9.24. The van der Waals surface area contributed by atoms with Crippen LogP contribution in [0.1, 0.15) is 43.7 Å². The summed E-state index contributed by atoms with van der Waals surface area (Å²) in [6, 6.07) is 16.8. The second-order valence-electron chi connectivity index (χ2n) is 9.94. The summed E-state index contributed by atoms with van der Waals surface area (Å²) >= 11 is 12.0. The van der Waals surface area contributed by atoms with Crippen LogP contribution in [0.15, 0.2) is 66.0 Å². The van der Waals surface area contributed by atoms with Crippen LogP contribution < -0.4 is 10.2 Å². The molecule has 1 aliphatic carbocycles. The lowest BCUT2D eigenvalue weighted by molar-refractivity contribution is -0.118. The number of Topliss-reactive ketones (excluding diaryl/α,β-unsaturated/α-hetero) is 1. The number of ketones is 1. The number of allylic oxidation sites excluding steroid dienone is 2. The summed E-state index contributed by atoms with van der Waals surface area (Å²) in [5, 5.41) is 4.71. The third kappa shape index (κ3) is 4.18. The van der Waals surface area contributed by atoms with Gasteiger partial charge in [-0.05, 0) is 53.3 Å². The highest BCUT2D eigenvalue weighted by molar-refractivity contribution is 6.18. The fourth-order valence-electron chi connectivity index (χ4n) is 5.47. The zero-order chi connectivity index (χ0) is 23.9. The van der Waals surface area contributed by atoms with E-state index in [0.717, 1.165) is 64.2 Å². The van der Waals surface area contributed by atoms with Gasteiger partial charge in [0.1, 0.15) is 0 Å². The van der Waals surface area contributed by atoms with Crippen molar-refractivity contribution < 1.29 is 4.79 Å². The fourth-order valence-corrected chi connectivity index (χ4v) is 5.88. The summed E-state index contributed by atoms with van der Waals surface area (Å²) in [7, 11) is 0. The van der Waals surface area contributed by atoms with Gasteiger partial charge in [-0.1, -0.05) is 32.0 Å². The molecule has 6 heteroatoms. The van der Waals surface area contributed by atoms with Crippen molar-refractivity contribution in [3.8, 4) is 0 Å². The van der Waals surface area contributed by atoms with Crippen molar-refractivity contribution in [2.75, 3.05) is 35.1 Å². The average Bonchev–Trinajstić information content (AvgIpc) is 2.82. The minimum atomic E-state index is -0.133. The molecule has 0 unspecified atom stereocenters. The molecular weight excluding hydrogens is 465 g/mol. The Morgan fingerprint density at radius 1 is 1.03 bits per heavy atom. The number of halogens is 2. The van der Waals surface area contributed by atoms with Gasteiger partial charge in [-0.3, -0.25) is 9.78 Å². The average molecular weight is 494 g/mol. The zero-order valence-electron chi connectivity index (χ0n) is 19.6. The van der Waals surface area contributed by atoms with E-state index in [1.165, 1.54) is 0 Å².